The molecule has 0 atom stereocenters. The Labute approximate surface area is 133 Å². The predicted octanol–water partition coefficient (Wildman–Crippen LogP) is 3.24. The molecule has 0 amide bonds. The molecular formula is C16H17N5S. The van der Waals surface area contributed by atoms with Crippen LogP contribution in [0, 0.1) is 0 Å². The van der Waals surface area contributed by atoms with Crippen molar-refractivity contribution in [3.63, 3.8) is 0 Å². The largest absolute Gasteiger partial charge is 0.340 e. The number of aromatic nitrogens is 4. The molecule has 6 heteroatoms. The molecule has 0 saturated heterocycles. The Balaban J connectivity index is 1.94. The molecule has 0 fully saturated rings. The van der Waals surface area contributed by atoms with E-state index >= 15 is 0 Å². The third-order valence-electron chi connectivity index (χ3n) is 4.03. The van der Waals surface area contributed by atoms with Crippen molar-refractivity contribution in [2.45, 2.75) is 24.5 Å². The molecular weight excluding hydrogens is 294 g/mol. The summed E-state index contributed by atoms with van der Waals surface area (Å²) in [6.07, 6.45) is 0. The minimum absolute atomic E-state index is 0.818. The van der Waals surface area contributed by atoms with Crippen LogP contribution < -0.4 is 4.90 Å². The highest BCUT2D eigenvalue weighted by molar-refractivity contribution is 7.98. The Bertz CT molecular complexity index is 838. The van der Waals surface area contributed by atoms with Gasteiger partial charge in [0.25, 0.3) is 0 Å². The van der Waals surface area contributed by atoms with Crippen LogP contribution in [0.4, 0.5) is 5.95 Å². The van der Waals surface area contributed by atoms with Gasteiger partial charge in [0.1, 0.15) is 0 Å². The average molecular weight is 311 g/mol. The summed E-state index contributed by atoms with van der Waals surface area (Å²) < 4.78 is 1.87. The molecule has 0 aliphatic carbocycles. The summed E-state index contributed by atoms with van der Waals surface area (Å²) in [6.45, 7) is 6.02. The second kappa shape index (κ2) is 5.28. The van der Waals surface area contributed by atoms with Crippen LogP contribution in [0.3, 0.4) is 0 Å². The van der Waals surface area contributed by atoms with Crippen LogP contribution in [0.15, 0.2) is 35.2 Å². The zero-order chi connectivity index (χ0) is 15.1. The first kappa shape index (κ1) is 13.6. The Hall–Kier alpha value is -2.08. The smallest absolute Gasteiger partial charge is 0.248 e. The lowest BCUT2D eigenvalue weighted by molar-refractivity contribution is 0.783. The van der Waals surface area contributed by atoms with Crippen molar-refractivity contribution in [3.8, 4) is 11.3 Å². The van der Waals surface area contributed by atoms with Gasteiger partial charge in [0.15, 0.2) is 5.65 Å². The summed E-state index contributed by atoms with van der Waals surface area (Å²) >= 11 is 1.85. The Morgan fingerprint density at radius 3 is 2.82 bits per heavy atom. The molecule has 112 valence electrons. The lowest BCUT2D eigenvalue weighted by atomic mass is 10.1. The van der Waals surface area contributed by atoms with Gasteiger partial charge >= 0.3 is 0 Å². The Morgan fingerprint density at radius 1 is 1.18 bits per heavy atom. The maximum Gasteiger partial charge on any atom is 0.248 e. The number of fused-ring (bicyclic) bond motifs is 4. The number of benzene rings is 1. The zero-order valence-electron chi connectivity index (χ0n) is 12.7. The van der Waals surface area contributed by atoms with E-state index < -0.39 is 0 Å². The predicted molar refractivity (Wildman–Crippen MR) is 89.3 cm³/mol. The highest BCUT2D eigenvalue weighted by Crippen LogP contribution is 2.40. The fraction of sp³-hybridized carbons (Fsp3) is 0.312. The highest BCUT2D eigenvalue weighted by Gasteiger charge is 2.21. The summed E-state index contributed by atoms with van der Waals surface area (Å²) in [6, 6.07) is 10.6. The second-order valence-electron chi connectivity index (χ2n) is 5.25. The molecule has 1 aromatic carbocycles. The summed E-state index contributed by atoms with van der Waals surface area (Å²) in [5.41, 5.74) is 4.31. The van der Waals surface area contributed by atoms with Crippen LogP contribution in [0.1, 0.15) is 19.4 Å². The van der Waals surface area contributed by atoms with E-state index in [-0.39, 0.29) is 0 Å². The van der Waals surface area contributed by atoms with Gasteiger partial charge in [-0.3, -0.25) is 0 Å². The van der Waals surface area contributed by atoms with Crippen LogP contribution in [-0.2, 0) is 5.75 Å². The lowest BCUT2D eigenvalue weighted by Gasteiger charge is -2.20. The fourth-order valence-electron chi connectivity index (χ4n) is 2.84. The summed E-state index contributed by atoms with van der Waals surface area (Å²) in [5, 5.41) is 13.5. The molecule has 2 aromatic heterocycles. The second-order valence-corrected chi connectivity index (χ2v) is 6.26. The topological polar surface area (TPSA) is 46.3 Å². The minimum atomic E-state index is 0.818. The number of nitrogens with zero attached hydrogens (tertiary/aromatic N) is 5. The maximum atomic E-state index is 4.87. The molecule has 0 radical (unpaired) electrons. The quantitative estimate of drug-likeness (QED) is 0.743. The van der Waals surface area contributed by atoms with Gasteiger partial charge in [-0.05, 0) is 31.5 Å². The third kappa shape index (κ3) is 1.98. The van der Waals surface area contributed by atoms with Crippen molar-refractivity contribution in [3.05, 3.63) is 35.9 Å². The van der Waals surface area contributed by atoms with Gasteiger partial charge in [-0.25, -0.2) is 0 Å². The lowest BCUT2D eigenvalue weighted by Crippen LogP contribution is -2.24. The fourth-order valence-corrected chi connectivity index (χ4v) is 3.87. The first-order valence-electron chi connectivity index (χ1n) is 7.54. The minimum Gasteiger partial charge on any atom is -0.340 e. The standard InChI is InChI=1S/C16H17N5S/c1-3-20(4-2)16-18-17-14-9-11-10-22-13-8-6-5-7-12(13)15(11)19-21(14)16/h5-9H,3-4,10H2,1-2H3. The summed E-state index contributed by atoms with van der Waals surface area (Å²) in [4.78, 5) is 3.46. The van der Waals surface area contributed by atoms with Gasteiger partial charge in [-0.15, -0.1) is 22.0 Å². The number of anilines is 1. The van der Waals surface area contributed by atoms with E-state index in [4.69, 9.17) is 5.10 Å². The molecule has 0 saturated carbocycles. The highest BCUT2D eigenvalue weighted by atomic mass is 32.2. The van der Waals surface area contributed by atoms with Crippen LogP contribution >= 0.6 is 11.8 Å². The van der Waals surface area contributed by atoms with E-state index in [0.717, 1.165) is 36.1 Å². The molecule has 1 aliphatic rings. The Kier molecular flexibility index (Phi) is 3.26. The van der Waals surface area contributed by atoms with E-state index in [0.29, 0.717) is 0 Å². The molecule has 0 unspecified atom stereocenters. The van der Waals surface area contributed by atoms with Crippen LogP contribution in [0.2, 0.25) is 0 Å². The van der Waals surface area contributed by atoms with E-state index in [1.165, 1.54) is 16.0 Å². The molecule has 22 heavy (non-hydrogen) atoms. The van der Waals surface area contributed by atoms with Crippen molar-refractivity contribution in [1.82, 2.24) is 19.8 Å². The monoisotopic (exact) mass is 311 g/mol. The summed E-state index contributed by atoms with van der Waals surface area (Å²) in [5.74, 6) is 1.75. The number of hydrogen-bond acceptors (Lipinski definition) is 5. The van der Waals surface area contributed by atoms with Crippen molar-refractivity contribution in [2.24, 2.45) is 0 Å². The van der Waals surface area contributed by atoms with Crippen molar-refractivity contribution < 1.29 is 0 Å². The average Bonchev–Trinajstić information content (AvgIpc) is 2.97. The first-order chi connectivity index (χ1) is 10.8. The van der Waals surface area contributed by atoms with Gasteiger partial charge in [0.2, 0.25) is 5.95 Å². The van der Waals surface area contributed by atoms with E-state index in [9.17, 15) is 0 Å². The molecule has 5 nitrogen and oxygen atoms in total. The molecule has 0 spiro atoms. The van der Waals surface area contributed by atoms with Crippen molar-refractivity contribution >= 4 is 23.4 Å². The zero-order valence-corrected chi connectivity index (χ0v) is 13.5. The van der Waals surface area contributed by atoms with Crippen molar-refractivity contribution in [2.75, 3.05) is 18.0 Å². The number of thioether (sulfide) groups is 1. The van der Waals surface area contributed by atoms with Crippen LogP contribution in [0.5, 0.6) is 0 Å². The third-order valence-corrected chi connectivity index (χ3v) is 5.15. The van der Waals surface area contributed by atoms with Gasteiger partial charge in [0, 0.05) is 29.3 Å². The SMILES string of the molecule is CCN(CC)c1nnc2cc3c(nn12)-c1ccccc1SC3. The van der Waals surface area contributed by atoms with Gasteiger partial charge < -0.3 is 4.90 Å². The molecule has 3 aromatic rings. The van der Waals surface area contributed by atoms with Crippen LogP contribution in [0.25, 0.3) is 16.9 Å². The van der Waals surface area contributed by atoms with E-state index in [2.05, 4.69) is 59.3 Å². The number of hydrogen-bond donors (Lipinski definition) is 0. The molecule has 4 rings (SSSR count). The molecule has 0 N–H and O–H groups in total. The van der Waals surface area contributed by atoms with E-state index in [1.807, 2.05) is 16.3 Å². The van der Waals surface area contributed by atoms with Crippen LogP contribution in [-0.4, -0.2) is 32.9 Å². The Morgan fingerprint density at radius 2 is 2.00 bits per heavy atom. The first-order valence-corrected chi connectivity index (χ1v) is 8.52. The molecule has 3 heterocycles. The van der Waals surface area contributed by atoms with Gasteiger partial charge in [-0.2, -0.15) is 9.61 Å². The normalized spacial score (nSPS) is 13.0. The number of rotatable bonds is 3. The van der Waals surface area contributed by atoms with E-state index in [1.54, 1.807) is 0 Å². The van der Waals surface area contributed by atoms with Gasteiger partial charge in [0.05, 0.1) is 5.69 Å². The molecule has 1 aliphatic heterocycles. The summed E-state index contributed by atoms with van der Waals surface area (Å²) in [7, 11) is 0. The van der Waals surface area contributed by atoms with Gasteiger partial charge in [-0.1, -0.05) is 18.2 Å². The van der Waals surface area contributed by atoms with Crippen molar-refractivity contribution in [1.29, 1.82) is 0 Å². The molecule has 0 bridgehead atoms. The maximum absolute atomic E-state index is 4.87.